The minimum Gasteiger partial charge on any atom is -0.379 e. The molecule has 44 heavy (non-hydrogen) atoms. The first kappa shape index (κ1) is 29.0. The maximum Gasteiger partial charge on any atom is 0.272 e. The number of aromatic nitrogens is 5. The highest BCUT2D eigenvalue weighted by atomic mass is 16.5. The van der Waals surface area contributed by atoms with Crippen LogP contribution in [0.15, 0.2) is 67.4 Å². The first-order chi connectivity index (χ1) is 21.2. The molecule has 13 nitrogen and oxygen atoms in total. The van der Waals surface area contributed by atoms with Crippen molar-refractivity contribution in [1.29, 1.82) is 0 Å². The van der Waals surface area contributed by atoms with Crippen LogP contribution in [0.5, 0.6) is 0 Å². The van der Waals surface area contributed by atoms with Gasteiger partial charge in [-0.05, 0) is 30.3 Å². The van der Waals surface area contributed by atoms with Crippen LogP contribution in [0, 0.1) is 0 Å². The van der Waals surface area contributed by atoms with E-state index < -0.39 is 0 Å². The number of nitrogens with zero attached hydrogens (tertiary/aromatic N) is 6. The summed E-state index contributed by atoms with van der Waals surface area (Å²) in [6, 6.07) is 10.8. The van der Waals surface area contributed by atoms with Crippen LogP contribution in [-0.2, 0) is 25.9 Å². The van der Waals surface area contributed by atoms with Crippen molar-refractivity contribution >= 4 is 34.7 Å². The molecule has 1 aliphatic rings. The predicted octanol–water partition coefficient (Wildman–Crippen LogP) is 2.58. The van der Waals surface area contributed by atoms with E-state index >= 15 is 0 Å². The molecule has 1 aliphatic heterocycles. The van der Waals surface area contributed by atoms with Gasteiger partial charge in [-0.1, -0.05) is 6.07 Å². The number of anilines is 2. The Bertz CT molecular complexity index is 1800. The molecule has 228 valence electrons. The molecule has 1 fully saturated rings. The summed E-state index contributed by atoms with van der Waals surface area (Å²) in [7, 11) is 5.29. The molecule has 5 aromatic heterocycles. The van der Waals surface area contributed by atoms with Gasteiger partial charge in [0.15, 0.2) is 0 Å². The molecule has 3 N–H and O–H groups in total. The normalized spacial score (nSPS) is 13.7. The quantitative estimate of drug-likeness (QED) is 0.239. The molecule has 3 amide bonds. The first-order valence-corrected chi connectivity index (χ1v) is 14.4. The summed E-state index contributed by atoms with van der Waals surface area (Å²) in [6.07, 6.45) is 9.07. The Labute approximate surface area is 254 Å². The number of aryl methyl sites for hydroxylation is 3. The van der Waals surface area contributed by atoms with Crippen molar-refractivity contribution in [2.75, 3.05) is 50.0 Å². The summed E-state index contributed by atoms with van der Waals surface area (Å²) < 4.78 is 12.4. The van der Waals surface area contributed by atoms with E-state index in [0.29, 0.717) is 48.2 Å². The van der Waals surface area contributed by atoms with E-state index in [1.165, 1.54) is 0 Å². The molecule has 6 heterocycles. The van der Waals surface area contributed by atoms with Crippen molar-refractivity contribution < 1.29 is 19.1 Å². The van der Waals surface area contributed by atoms with Gasteiger partial charge < -0.3 is 38.8 Å². The Kier molecular flexibility index (Phi) is 8.05. The second-order valence-electron chi connectivity index (χ2n) is 10.9. The van der Waals surface area contributed by atoms with Gasteiger partial charge in [-0.25, -0.2) is 4.98 Å². The third-order valence-corrected chi connectivity index (χ3v) is 7.71. The van der Waals surface area contributed by atoms with Gasteiger partial charge in [0.1, 0.15) is 22.7 Å². The molecule has 6 rings (SSSR count). The van der Waals surface area contributed by atoms with Crippen molar-refractivity contribution in [1.82, 2.24) is 33.3 Å². The summed E-state index contributed by atoms with van der Waals surface area (Å²) in [5.41, 5.74) is 4.61. The van der Waals surface area contributed by atoms with Gasteiger partial charge in [-0.15, -0.1) is 0 Å². The van der Waals surface area contributed by atoms with Crippen LogP contribution in [0.2, 0.25) is 0 Å². The number of pyridine rings is 1. The van der Waals surface area contributed by atoms with Crippen LogP contribution in [-0.4, -0.2) is 85.1 Å². The summed E-state index contributed by atoms with van der Waals surface area (Å²) in [5, 5.41) is 8.69. The smallest absolute Gasteiger partial charge is 0.272 e. The fraction of sp³-hybridized carbons (Fsp3) is 0.290. The molecule has 0 bridgehead atoms. The zero-order chi connectivity index (χ0) is 30.8. The zero-order valence-corrected chi connectivity index (χ0v) is 24.9. The van der Waals surface area contributed by atoms with Gasteiger partial charge in [0, 0.05) is 83.9 Å². The zero-order valence-electron chi connectivity index (χ0n) is 24.9. The Morgan fingerprint density at radius 3 is 2.07 bits per heavy atom. The Morgan fingerprint density at radius 2 is 1.41 bits per heavy atom. The average molecular weight is 598 g/mol. The molecule has 0 radical (unpaired) electrons. The number of imidazole rings is 1. The molecule has 5 aromatic rings. The fourth-order valence-electron chi connectivity index (χ4n) is 5.35. The minimum absolute atomic E-state index is 0.213. The molecule has 0 spiro atoms. The van der Waals surface area contributed by atoms with Gasteiger partial charge in [-0.3, -0.25) is 19.3 Å². The molecular weight excluding hydrogens is 562 g/mol. The molecular formula is C31H35N9O4. The Morgan fingerprint density at radius 1 is 0.795 bits per heavy atom. The maximum absolute atomic E-state index is 13.2. The highest BCUT2D eigenvalue weighted by molar-refractivity contribution is 6.07. The number of amides is 3. The number of hydrogen-bond donors (Lipinski definition) is 3. The van der Waals surface area contributed by atoms with Crippen molar-refractivity contribution in [3.05, 3.63) is 84.5 Å². The maximum atomic E-state index is 13.2. The van der Waals surface area contributed by atoms with Gasteiger partial charge in [0.05, 0.1) is 30.3 Å². The van der Waals surface area contributed by atoms with Crippen molar-refractivity contribution in [2.45, 2.75) is 0 Å². The molecule has 0 aliphatic carbocycles. The van der Waals surface area contributed by atoms with E-state index in [1.807, 2.05) is 41.2 Å². The largest absolute Gasteiger partial charge is 0.379 e. The van der Waals surface area contributed by atoms with Crippen LogP contribution in [0.1, 0.15) is 31.5 Å². The SMILES string of the molecule is Cn1cc(NC(=O)c2cc(NC(=O)c3cc(-c4cn5ccccc5n4)cn3C)cn2C)cc1C(=O)NCCN1CCOCC1. The molecule has 0 aromatic carbocycles. The van der Waals surface area contributed by atoms with Crippen molar-refractivity contribution in [3.8, 4) is 11.3 Å². The lowest BCUT2D eigenvalue weighted by molar-refractivity contribution is 0.0383. The Balaban J connectivity index is 1.07. The van der Waals surface area contributed by atoms with Crippen molar-refractivity contribution in [3.63, 3.8) is 0 Å². The molecule has 1 saturated heterocycles. The van der Waals surface area contributed by atoms with Crippen LogP contribution in [0.25, 0.3) is 16.9 Å². The lowest BCUT2D eigenvalue weighted by atomic mass is 10.2. The van der Waals surface area contributed by atoms with Gasteiger partial charge in [0.2, 0.25) is 0 Å². The second-order valence-corrected chi connectivity index (χ2v) is 10.9. The van der Waals surface area contributed by atoms with Crippen LogP contribution >= 0.6 is 0 Å². The summed E-state index contributed by atoms with van der Waals surface area (Å²) in [4.78, 5) is 46.0. The third-order valence-electron chi connectivity index (χ3n) is 7.71. The first-order valence-electron chi connectivity index (χ1n) is 14.4. The van der Waals surface area contributed by atoms with E-state index in [1.54, 1.807) is 65.4 Å². The van der Waals surface area contributed by atoms with E-state index in [0.717, 1.165) is 36.5 Å². The number of nitrogens with one attached hydrogen (secondary N) is 3. The molecule has 0 unspecified atom stereocenters. The molecule has 13 heteroatoms. The second kappa shape index (κ2) is 12.2. The summed E-state index contributed by atoms with van der Waals surface area (Å²) in [6.45, 7) is 4.41. The van der Waals surface area contributed by atoms with Crippen LogP contribution in [0.4, 0.5) is 11.4 Å². The van der Waals surface area contributed by atoms with E-state index in [9.17, 15) is 14.4 Å². The minimum atomic E-state index is -0.370. The number of fused-ring (bicyclic) bond motifs is 1. The number of ether oxygens (including phenoxy) is 1. The van der Waals surface area contributed by atoms with E-state index in [-0.39, 0.29) is 17.7 Å². The van der Waals surface area contributed by atoms with Crippen LogP contribution < -0.4 is 16.0 Å². The fourth-order valence-corrected chi connectivity index (χ4v) is 5.35. The van der Waals surface area contributed by atoms with Crippen molar-refractivity contribution in [2.24, 2.45) is 21.1 Å². The lowest BCUT2D eigenvalue weighted by Crippen LogP contribution is -2.41. The number of hydrogen-bond acceptors (Lipinski definition) is 6. The molecule has 0 saturated carbocycles. The summed E-state index contributed by atoms with van der Waals surface area (Å²) in [5.74, 6) is -0.895. The highest BCUT2D eigenvalue weighted by Crippen LogP contribution is 2.23. The van der Waals surface area contributed by atoms with E-state index in [2.05, 4.69) is 25.8 Å². The Hall–Kier alpha value is -5.14. The standard InChI is InChI=1S/C31H35N9O4/c1-36-17-21(24-20-40-8-5-4-6-28(40)35-24)14-25(36)30(42)33-23-16-27(38(3)19-23)31(43)34-22-15-26(37(2)18-22)29(41)32-7-9-39-10-12-44-13-11-39/h4-6,8,14-20H,7,9-13H2,1-3H3,(H,32,41)(H,33,42)(H,34,43). The number of morpholine rings is 1. The number of rotatable bonds is 9. The van der Waals surface area contributed by atoms with E-state index in [4.69, 9.17) is 4.74 Å². The van der Waals surface area contributed by atoms with Gasteiger partial charge in [0.25, 0.3) is 17.7 Å². The monoisotopic (exact) mass is 597 g/mol. The number of carbonyl (C=O) groups is 3. The average Bonchev–Trinajstić information content (AvgIpc) is 3.78. The van der Waals surface area contributed by atoms with Crippen LogP contribution in [0.3, 0.4) is 0 Å². The highest BCUT2D eigenvalue weighted by Gasteiger charge is 2.19. The van der Waals surface area contributed by atoms with Gasteiger partial charge in [-0.2, -0.15) is 0 Å². The lowest BCUT2D eigenvalue weighted by Gasteiger charge is -2.26. The summed E-state index contributed by atoms with van der Waals surface area (Å²) >= 11 is 0. The topological polar surface area (TPSA) is 132 Å². The van der Waals surface area contributed by atoms with Gasteiger partial charge >= 0.3 is 0 Å². The molecule has 0 atom stereocenters. The predicted molar refractivity (Wildman–Crippen MR) is 166 cm³/mol. The number of carbonyl (C=O) groups excluding carboxylic acids is 3. The third kappa shape index (κ3) is 6.14.